The van der Waals surface area contributed by atoms with Gasteiger partial charge in [0.2, 0.25) is 0 Å². The number of rotatable bonds is 6. The van der Waals surface area contributed by atoms with Gasteiger partial charge in [0, 0.05) is 11.9 Å². The van der Waals surface area contributed by atoms with Crippen LogP contribution in [0.2, 0.25) is 0 Å². The lowest BCUT2D eigenvalue weighted by Gasteiger charge is -2.34. The first-order chi connectivity index (χ1) is 6.58. The van der Waals surface area contributed by atoms with Crippen LogP contribution in [-0.4, -0.2) is 56.0 Å². The van der Waals surface area contributed by atoms with Gasteiger partial charge in [0.15, 0.2) is 0 Å². The Morgan fingerprint density at radius 3 is 2.29 bits per heavy atom. The fourth-order valence-electron chi connectivity index (χ4n) is 1.99. The predicted octanol–water partition coefficient (Wildman–Crippen LogP) is 1.89. The fraction of sp³-hybridized carbons (Fsp3) is 1.00. The van der Waals surface area contributed by atoms with Crippen LogP contribution in [0.25, 0.3) is 0 Å². The van der Waals surface area contributed by atoms with Crippen molar-refractivity contribution in [1.82, 2.24) is 9.80 Å². The highest BCUT2D eigenvalue weighted by molar-refractivity contribution is 6.21. The molecule has 14 heavy (non-hydrogen) atoms. The van der Waals surface area contributed by atoms with Crippen molar-refractivity contribution >= 4 is 11.6 Å². The third kappa shape index (κ3) is 4.63. The SMILES string of the molecule is CN(C)CCCN(C)CC1CC(Cl)C1. The molecule has 1 fully saturated rings. The standard InChI is InChI=1S/C11H23ClN2/c1-13(2)5-4-6-14(3)9-10-7-11(12)8-10/h10-11H,4-9H2,1-3H3. The summed E-state index contributed by atoms with van der Waals surface area (Å²) >= 11 is 5.95. The Bertz CT molecular complexity index is 155. The van der Waals surface area contributed by atoms with Gasteiger partial charge in [-0.15, -0.1) is 11.6 Å². The molecule has 3 heteroatoms. The first-order valence-corrected chi connectivity index (χ1v) is 5.99. The third-order valence-corrected chi connectivity index (χ3v) is 3.25. The second kappa shape index (κ2) is 5.94. The maximum atomic E-state index is 5.95. The molecule has 0 aromatic carbocycles. The van der Waals surface area contributed by atoms with E-state index in [1.165, 1.54) is 38.9 Å². The number of nitrogens with zero attached hydrogens (tertiary/aromatic N) is 2. The Labute approximate surface area is 93.2 Å². The summed E-state index contributed by atoms with van der Waals surface area (Å²) in [4.78, 5) is 4.68. The molecular formula is C11H23ClN2. The Hall–Kier alpha value is 0.210. The van der Waals surface area contributed by atoms with Crippen LogP contribution in [0.15, 0.2) is 0 Å². The van der Waals surface area contributed by atoms with Crippen LogP contribution in [0, 0.1) is 5.92 Å². The van der Waals surface area contributed by atoms with Crippen molar-refractivity contribution in [2.45, 2.75) is 24.6 Å². The quantitative estimate of drug-likeness (QED) is 0.629. The van der Waals surface area contributed by atoms with Gasteiger partial charge in [-0.1, -0.05) is 0 Å². The minimum absolute atomic E-state index is 0.468. The van der Waals surface area contributed by atoms with E-state index in [1.807, 2.05) is 0 Å². The molecule has 0 aromatic heterocycles. The van der Waals surface area contributed by atoms with Crippen LogP contribution >= 0.6 is 11.6 Å². The molecule has 0 unspecified atom stereocenters. The molecule has 2 nitrogen and oxygen atoms in total. The molecule has 0 amide bonds. The van der Waals surface area contributed by atoms with E-state index in [9.17, 15) is 0 Å². The molecule has 1 saturated carbocycles. The van der Waals surface area contributed by atoms with Gasteiger partial charge in [0.05, 0.1) is 0 Å². The summed E-state index contributed by atoms with van der Waals surface area (Å²) in [6.45, 7) is 3.63. The van der Waals surface area contributed by atoms with Crippen LogP contribution in [-0.2, 0) is 0 Å². The second-order valence-corrected chi connectivity index (χ2v) is 5.47. The van der Waals surface area contributed by atoms with Crippen molar-refractivity contribution in [3.63, 3.8) is 0 Å². The number of alkyl halides is 1. The molecule has 0 N–H and O–H groups in total. The van der Waals surface area contributed by atoms with Crippen LogP contribution in [0.1, 0.15) is 19.3 Å². The number of hydrogen-bond donors (Lipinski definition) is 0. The number of halogens is 1. The maximum Gasteiger partial charge on any atom is 0.0342 e. The minimum Gasteiger partial charge on any atom is -0.309 e. The van der Waals surface area contributed by atoms with Gasteiger partial charge >= 0.3 is 0 Å². The first-order valence-electron chi connectivity index (χ1n) is 5.55. The molecule has 0 spiro atoms. The van der Waals surface area contributed by atoms with Gasteiger partial charge in [-0.05, 0) is 59.4 Å². The van der Waals surface area contributed by atoms with Gasteiger partial charge in [0.25, 0.3) is 0 Å². The van der Waals surface area contributed by atoms with Crippen molar-refractivity contribution in [2.24, 2.45) is 5.92 Å². The monoisotopic (exact) mass is 218 g/mol. The average molecular weight is 219 g/mol. The molecular weight excluding hydrogens is 196 g/mol. The Balaban J connectivity index is 1.96. The van der Waals surface area contributed by atoms with Gasteiger partial charge in [-0.3, -0.25) is 0 Å². The van der Waals surface area contributed by atoms with Gasteiger partial charge in [-0.2, -0.15) is 0 Å². The highest BCUT2D eigenvalue weighted by atomic mass is 35.5. The number of hydrogen-bond acceptors (Lipinski definition) is 2. The van der Waals surface area contributed by atoms with Gasteiger partial charge < -0.3 is 9.80 Å². The zero-order chi connectivity index (χ0) is 10.6. The van der Waals surface area contributed by atoms with Crippen molar-refractivity contribution in [3.8, 4) is 0 Å². The summed E-state index contributed by atoms with van der Waals surface area (Å²) in [5, 5.41) is 0.468. The van der Waals surface area contributed by atoms with Crippen molar-refractivity contribution in [1.29, 1.82) is 0 Å². The highest BCUT2D eigenvalue weighted by Crippen LogP contribution is 2.32. The largest absolute Gasteiger partial charge is 0.309 e. The molecule has 0 atom stereocenters. The van der Waals surface area contributed by atoms with E-state index in [-0.39, 0.29) is 0 Å². The van der Waals surface area contributed by atoms with Crippen molar-refractivity contribution in [2.75, 3.05) is 40.8 Å². The van der Waals surface area contributed by atoms with E-state index in [0.29, 0.717) is 5.38 Å². The summed E-state index contributed by atoms with van der Waals surface area (Å²) < 4.78 is 0. The molecule has 84 valence electrons. The molecule has 0 aromatic rings. The lowest BCUT2D eigenvalue weighted by Crippen LogP contribution is -2.35. The lowest BCUT2D eigenvalue weighted by atomic mass is 9.84. The van der Waals surface area contributed by atoms with E-state index in [0.717, 1.165) is 5.92 Å². The Morgan fingerprint density at radius 1 is 1.14 bits per heavy atom. The van der Waals surface area contributed by atoms with Crippen LogP contribution in [0.4, 0.5) is 0 Å². The first kappa shape index (κ1) is 12.3. The average Bonchev–Trinajstić information content (AvgIpc) is 2.00. The van der Waals surface area contributed by atoms with E-state index in [4.69, 9.17) is 11.6 Å². The van der Waals surface area contributed by atoms with E-state index < -0.39 is 0 Å². The van der Waals surface area contributed by atoms with Crippen LogP contribution in [0.3, 0.4) is 0 Å². The molecule has 0 heterocycles. The summed E-state index contributed by atoms with van der Waals surface area (Å²) in [5.74, 6) is 0.863. The Morgan fingerprint density at radius 2 is 1.79 bits per heavy atom. The zero-order valence-corrected chi connectivity index (χ0v) is 10.4. The normalized spacial score (nSPS) is 27.0. The molecule has 0 aliphatic heterocycles. The maximum absolute atomic E-state index is 5.95. The van der Waals surface area contributed by atoms with Crippen molar-refractivity contribution in [3.05, 3.63) is 0 Å². The van der Waals surface area contributed by atoms with Crippen LogP contribution in [0.5, 0.6) is 0 Å². The lowest BCUT2D eigenvalue weighted by molar-refractivity contribution is 0.203. The molecule has 0 saturated heterocycles. The minimum atomic E-state index is 0.468. The van der Waals surface area contributed by atoms with E-state index >= 15 is 0 Å². The molecule has 1 aliphatic carbocycles. The van der Waals surface area contributed by atoms with Gasteiger partial charge in [0.1, 0.15) is 0 Å². The van der Waals surface area contributed by atoms with E-state index in [2.05, 4.69) is 30.9 Å². The highest BCUT2D eigenvalue weighted by Gasteiger charge is 2.27. The summed E-state index contributed by atoms with van der Waals surface area (Å²) in [7, 11) is 6.48. The molecule has 1 rings (SSSR count). The van der Waals surface area contributed by atoms with E-state index in [1.54, 1.807) is 0 Å². The topological polar surface area (TPSA) is 6.48 Å². The van der Waals surface area contributed by atoms with Crippen LogP contribution < -0.4 is 0 Å². The zero-order valence-electron chi connectivity index (χ0n) is 9.67. The molecule has 0 radical (unpaired) electrons. The smallest absolute Gasteiger partial charge is 0.0342 e. The summed E-state index contributed by atoms with van der Waals surface area (Å²) in [5.41, 5.74) is 0. The van der Waals surface area contributed by atoms with Gasteiger partial charge in [-0.25, -0.2) is 0 Å². The fourth-order valence-corrected chi connectivity index (χ4v) is 2.50. The third-order valence-electron chi connectivity index (χ3n) is 2.89. The predicted molar refractivity (Wildman–Crippen MR) is 63.0 cm³/mol. The second-order valence-electron chi connectivity index (χ2n) is 4.85. The molecule has 0 bridgehead atoms. The Kier molecular flexibility index (Phi) is 5.21. The summed E-state index contributed by atoms with van der Waals surface area (Å²) in [6, 6.07) is 0. The molecule has 1 aliphatic rings. The van der Waals surface area contributed by atoms with Crippen molar-refractivity contribution < 1.29 is 0 Å². The summed E-state index contributed by atoms with van der Waals surface area (Å²) in [6.07, 6.45) is 3.71.